The molecule has 2 aliphatic rings. The molecule has 136 valence electrons. The Kier molecular flexibility index (Phi) is 4.02. The van der Waals surface area contributed by atoms with E-state index >= 15 is 0 Å². The van der Waals surface area contributed by atoms with Crippen LogP contribution in [0, 0.1) is 0 Å². The Morgan fingerprint density at radius 2 is 2.35 bits per heavy atom. The quantitative estimate of drug-likeness (QED) is 0.737. The lowest BCUT2D eigenvalue weighted by molar-refractivity contribution is 0.0835. The smallest absolute Gasteiger partial charge is 0.255 e. The van der Waals surface area contributed by atoms with Gasteiger partial charge in [-0.15, -0.1) is 0 Å². The van der Waals surface area contributed by atoms with Gasteiger partial charge in [0.15, 0.2) is 11.6 Å². The topological polar surface area (TPSA) is 95.8 Å². The van der Waals surface area contributed by atoms with E-state index < -0.39 is 0 Å². The number of aromatic nitrogens is 6. The number of imidazole rings is 1. The summed E-state index contributed by atoms with van der Waals surface area (Å²) in [5, 5.41) is 12.1. The average Bonchev–Trinajstić information content (AvgIpc) is 3.46. The lowest BCUT2D eigenvalue weighted by atomic mass is 10.2. The van der Waals surface area contributed by atoms with Crippen molar-refractivity contribution in [1.82, 2.24) is 34.8 Å². The van der Waals surface area contributed by atoms with Gasteiger partial charge in [0, 0.05) is 45.1 Å². The van der Waals surface area contributed by atoms with E-state index in [0.717, 1.165) is 57.1 Å². The van der Waals surface area contributed by atoms with Crippen molar-refractivity contribution in [2.24, 2.45) is 0 Å². The standard InChI is InChI=1S/C17H21N7O2/c1-2-14(25-9-1)17-20-15(22-26-17)3-6-23-7-5-19-16(23)13-10-12-11-18-4-8-24(12)21-13/h5,7,10,14,18H,1-4,6,8-9,11H2/t14-/m1/s1. The van der Waals surface area contributed by atoms with Crippen molar-refractivity contribution in [2.75, 3.05) is 13.2 Å². The van der Waals surface area contributed by atoms with Crippen molar-refractivity contribution in [3.05, 3.63) is 35.9 Å². The first kappa shape index (κ1) is 15.7. The summed E-state index contributed by atoms with van der Waals surface area (Å²) in [6.45, 7) is 4.19. The summed E-state index contributed by atoms with van der Waals surface area (Å²) in [7, 11) is 0. The first-order valence-corrected chi connectivity index (χ1v) is 9.10. The highest BCUT2D eigenvalue weighted by Crippen LogP contribution is 2.27. The van der Waals surface area contributed by atoms with Gasteiger partial charge in [0.25, 0.3) is 5.89 Å². The van der Waals surface area contributed by atoms with Gasteiger partial charge in [0.2, 0.25) is 0 Å². The molecule has 1 atom stereocenters. The molecule has 0 aromatic carbocycles. The summed E-state index contributed by atoms with van der Waals surface area (Å²) in [5.74, 6) is 2.16. The van der Waals surface area contributed by atoms with E-state index in [4.69, 9.17) is 14.4 Å². The van der Waals surface area contributed by atoms with Crippen molar-refractivity contribution < 1.29 is 9.26 Å². The Hall–Kier alpha value is -2.52. The van der Waals surface area contributed by atoms with E-state index in [1.165, 1.54) is 5.69 Å². The van der Waals surface area contributed by atoms with Crippen LogP contribution >= 0.6 is 0 Å². The third-order valence-corrected chi connectivity index (χ3v) is 4.88. The van der Waals surface area contributed by atoms with Crippen LogP contribution in [0.3, 0.4) is 0 Å². The summed E-state index contributed by atoms with van der Waals surface area (Å²) >= 11 is 0. The number of fused-ring (bicyclic) bond motifs is 1. The summed E-state index contributed by atoms with van der Waals surface area (Å²) in [6.07, 6.45) is 6.41. The Labute approximate surface area is 150 Å². The van der Waals surface area contributed by atoms with E-state index in [2.05, 4.69) is 35.8 Å². The lowest BCUT2D eigenvalue weighted by Crippen LogP contribution is -2.28. The van der Waals surface area contributed by atoms with Crippen molar-refractivity contribution in [3.63, 3.8) is 0 Å². The first-order chi connectivity index (χ1) is 12.9. The minimum absolute atomic E-state index is 0.0365. The molecule has 1 saturated heterocycles. The molecule has 3 aromatic rings. The van der Waals surface area contributed by atoms with Crippen molar-refractivity contribution in [3.8, 4) is 11.5 Å². The number of hydrogen-bond acceptors (Lipinski definition) is 7. The molecule has 0 radical (unpaired) electrons. The zero-order valence-corrected chi connectivity index (χ0v) is 14.5. The van der Waals surface area contributed by atoms with Crippen LogP contribution in [0.2, 0.25) is 0 Å². The number of nitrogens with zero attached hydrogens (tertiary/aromatic N) is 6. The van der Waals surface area contributed by atoms with Crippen LogP contribution in [0.25, 0.3) is 11.5 Å². The molecule has 0 unspecified atom stereocenters. The highest BCUT2D eigenvalue weighted by atomic mass is 16.5. The zero-order chi connectivity index (χ0) is 17.3. The second-order valence-corrected chi connectivity index (χ2v) is 6.67. The Balaban J connectivity index is 1.30. The fraction of sp³-hybridized carbons (Fsp3) is 0.529. The molecule has 0 bridgehead atoms. The Bertz CT molecular complexity index is 867. The molecule has 2 aliphatic heterocycles. The molecule has 1 N–H and O–H groups in total. The third-order valence-electron chi connectivity index (χ3n) is 4.88. The van der Waals surface area contributed by atoms with E-state index in [1.54, 1.807) is 6.20 Å². The number of hydrogen-bond donors (Lipinski definition) is 1. The van der Waals surface area contributed by atoms with Gasteiger partial charge >= 0.3 is 0 Å². The van der Waals surface area contributed by atoms with Crippen LogP contribution in [0.4, 0.5) is 0 Å². The normalized spacial score (nSPS) is 19.8. The molecule has 26 heavy (non-hydrogen) atoms. The molecule has 0 saturated carbocycles. The molecular weight excluding hydrogens is 334 g/mol. The highest BCUT2D eigenvalue weighted by Gasteiger charge is 2.24. The molecule has 5 heterocycles. The second kappa shape index (κ2) is 6.65. The monoisotopic (exact) mass is 355 g/mol. The molecule has 0 aliphatic carbocycles. The van der Waals surface area contributed by atoms with E-state index in [0.29, 0.717) is 18.1 Å². The van der Waals surface area contributed by atoms with Gasteiger partial charge in [-0.25, -0.2) is 4.98 Å². The van der Waals surface area contributed by atoms with Gasteiger partial charge in [-0.1, -0.05) is 5.16 Å². The maximum Gasteiger partial charge on any atom is 0.255 e. The third kappa shape index (κ3) is 2.93. The molecule has 3 aromatic heterocycles. The number of nitrogens with one attached hydrogen (secondary N) is 1. The van der Waals surface area contributed by atoms with Crippen molar-refractivity contribution in [2.45, 2.75) is 45.0 Å². The van der Waals surface area contributed by atoms with Gasteiger partial charge < -0.3 is 19.1 Å². The number of aryl methyl sites for hydroxylation is 2. The molecular formula is C17H21N7O2. The van der Waals surface area contributed by atoms with E-state index in [9.17, 15) is 0 Å². The summed E-state index contributed by atoms with van der Waals surface area (Å²) in [5.41, 5.74) is 2.10. The molecule has 9 nitrogen and oxygen atoms in total. The predicted octanol–water partition coefficient (Wildman–Crippen LogP) is 1.33. The summed E-state index contributed by atoms with van der Waals surface area (Å²) in [6, 6.07) is 2.11. The van der Waals surface area contributed by atoms with Gasteiger partial charge in [-0.2, -0.15) is 10.1 Å². The van der Waals surface area contributed by atoms with Crippen LogP contribution in [-0.4, -0.2) is 42.6 Å². The van der Waals surface area contributed by atoms with Crippen LogP contribution in [0.1, 0.15) is 36.4 Å². The number of rotatable bonds is 5. The number of ether oxygens (including phenoxy) is 1. The van der Waals surface area contributed by atoms with Crippen molar-refractivity contribution >= 4 is 0 Å². The zero-order valence-electron chi connectivity index (χ0n) is 14.5. The predicted molar refractivity (Wildman–Crippen MR) is 91.1 cm³/mol. The van der Waals surface area contributed by atoms with Gasteiger partial charge in [-0.05, 0) is 18.9 Å². The minimum Gasteiger partial charge on any atom is -0.368 e. The van der Waals surface area contributed by atoms with Gasteiger partial charge in [-0.3, -0.25) is 4.68 Å². The SMILES string of the molecule is c1cn(CCc2noc([C@H]3CCCO3)n2)c(-c2cc3n(n2)CCNC3)n1. The fourth-order valence-corrected chi connectivity index (χ4v) is 3.52. The maximum atomic E-state index is 5.59. The molecule has 0 spiro atoms. The fourth-order valence-electron chi connectivity index (χ4n) is 3.52. The average molecular weight is 355 g/mol. The molecule has 0 amide bonds. The largest absolute Gasteiger partial charge is 0.368 e. The summed E-state index contributed by atoms with van der Waals surface area (Å²) in [4.78, 5) is 8.98. The maximum absolute atomic E-state index is 5.59. The minimum atomic E-state index is -0.0365. The van der Waals surface area contributed by atoms with E-state index in [-0.39, 0.29) is 6.10 Å². The Morgan fingerprint density at radius 3 is 3.23 bits per heavy atom. The summed E-state index contributed by atoms with van der Waals surface area (Å²) < 4.78 is 15.1. The van der Waals surface area contributed by atoms with Gasteiger partial charge in [0.05, 0.1) is 12.2 Å². The molecule has 5 rings (SSSR count). The first-order valence-electron chi connectivity index (χ1n) is 9.10. The van der Waals surface area contributed by atoms with Crippen LogP contribution in [-0.2, 0) is 30.8 Å². The lowest BCUT2D eigenvalue weighted by Gasteiger charge is -2.13. The van der Waals surface area contributed by atoms with Crippen LogP contribution in [0.5, 0.6) is 0 Å². The van der Waals surface area contributed by atoms with Crippen molar-refractivity contribution in [1.29, 1.82) is 0 Å². The Morgan fingerprint density at radius 1 is 1.35 bits per heavy atom. The highest BCUT2D eigenvalue weighted by molar-refractivity contribution is 5.50. The van der Waals surface area contributed by atoms with Crippen LogP contribution < -0.4 is 5.32 Å². The second-order valence-electron chi connectivity index (χ2n) is 6.67. The molecule has 1 fully saturated rings. The van der Waals surface area contributed by atoms with E-state index in [1.807, 2.05) is 6.20 Å². The van der Waals surface area contributed by atoms with Gasteiger partial charge in [0.1, 0.15) is 11.8 Å². The molecule has 9 heteroatoms. The van der Waals surface area contributed by atoms with Crippen LogP contribution in [0.15, 0.2) is 23.0 Å².